The van der Waals surface area contributed by atoms with Gasteiger partial charge in [0, 0.05) is 6.61 Å². The minimum absolute atomic E-state index is 0.330. The van der Waals surface area contributed by atoms with Gasteiger partial charge in [-0.1, -0.05) is 34.1 Å². The second-order valence-corrected chi connectivity index (χ2v) is 7.53. The molecule has 2 nitrogen and oxygen atoms in total. The molecule has 0 aromatic rings. The summed E-state index contributed by atoms with van der Waals surface area (Å²) in [6, 6.07) is 0. The van der Waals surface area contributed by atoms with E-state index in [1.807, 2.05) is 0 Å². The van der Waals surface area contributed by atoms with Crippen molar-refractivity contribution in [2.75, 3.05) is 19.7 Å². The topological polar surface area (TPSA) is 32.3 Å². The third-order valence-corrected chi connectivity index (χ3v) is 5.05. The molecule has 0 spiro atoms. The molecule has 1 fully saturated rings. The highest BCUT2D eigenvalue weighted by atomic mass is 16.3. The van der Waals surface area contributed by atoms with Crippen molar-refractivity contribution in [3.05, 3.63) is 0 Å². The Morgan fingerprint density at radius 3 is 2.26 bits per heavy atom. The molecule has 0 heterocycles. The Labute approximate surface area is 120 Å². The van der Waals surface area contributed by atoms with Gasteiger partial charge in [0.15, 0.2) is 0 Å². The maximum absolute atomic E-state index is 8.99. The largest absolute Gasteiger partial charge is 0.396 e. The molecule has 1 aliphatic carbocycles. The zero-order valence-corrected chi connectivity index (χ0v) is 13.5. The van der Waals surface area contributed by atoms with Crippen LogP contribution in [-0.4, -0.2) is 24.8 Å². The van der Waals surface area contributed by atoms with E-state index in [4.69, 9.17) is 5.11 Å². The van der Waals surface area contributed by atoms with E-state index in [1.165, 1.54) is 38.6 Å². The van der Waals surface area contributed by atoms with Crippen LogP contribution in [0.2, 0.25) is 0 Å². The number of rotatable bonds is 7. The summed E-state index contributed by atoms with van der Waals surface area (Å²) in [5, 5.41) is 12.6. The van der Waals surface area contributed by atoms with E-state index in [0.717, 1.165) is 24.8 Å². The number of hydrogen-bond donors (Lipinski definition) is 2. The van der Waals surface area contributed by atoms with Crippen molar-refractivity contribution in [2.24, 2.45) is 23.2 Å². The fourth-order valence-corrected chi connectivity index (χ4v) is 3.36. The third-order valence-electron chi connectivity index (χ3n) is 5.05. The summed E-state index contributed by atoms with van der Waals surface area (Å²) in [6.45, 7) is 12.0. The Hall–Kier alpha value is -0.0800. The first-order valence-corrected chi connectivity index (χ1v) is 8.29. The second kappa shape index (κ2) is 8.26. The molecule has 2 N–H and O–H groups in total. The Bertz CT molecular complexity index is 226. The molecule has 0 aromatic carbocycles. The second-order valence-electron chi connectivity index (χ2n) is 7.53. The van der Waals surface area contributed by atoms with Gasteiger partial charge in [-0.2, -0.15) is 0 Å². The van der Waals surface area contributed by atoms with Gasteiger partial charge in [0.25, 0.3) is 0 Å². The highest BCUT2D eigenvalue weighted by molar-refractivity contribution is 4.81. The van der Waals surface area contributed by atoms with Crippen molar-refractivity contribution in [2.45, 2.75) is 66.2 Å². The van der Waals surface area contributed by atoms with Gasteiger partial charge in [0.1, 0.15) is 0 Å². The van der Waals surface area contributed by atoms with Crippen LogP contribution in [0.25, 0.3) is 0 Å². The summed E-state index contributed by atoms with van der Waals surface area (Å²) in [5.41, 5.74) is 0.493. The number of nitrogens with one attached hydrogen (secondary N) is 1. The molecule has 1 unspecified atom stereocenters. The molecule has 1 rings (SSSR count). The molecule has 1 aliphatic rings. The van der Waals surface area contributed by atoms with Crippen molar-refractivity contribution in [1.29, 1.82) is 0 Å². The van der Waals surface area contributed by atoms with E-state index in [9.17, 15) is 0 Å². The van der Waals surface area contributed by atoms with Crippen molar-refractivity contribution in [1.82, 2.24) is 5.32 Å². The van der Waals surface area contributed by atoms with E-state index in [1.54, 1.807) is 0 Å². The minimum atomic E-state index is 0.330. The molecule has 0 aliphatic heterocycles. The lowest BCUT2D eigenvalue weighted by Gasteiger charge is -2.37. The van der Waals surface area contributed by atoms with E-state index in [2.05, 4.69) is 33.0 Å². The fourth-order valence-electron chi connectivity index (χ4n) is 3.36. The summed E-state index contributed by atoms with van der Waals surface area (Å²) in [7, 11) is 0. The third kappa shape index (κ3) is 6.27. The normalized spacial score (nSPS) is 26.4. The molecule has 0 aromatic heterocycles. The average Bonchev–Trinajstić information content (AvgIpc) is 2.37. The lowest BCUT2D eigenvalue weighted by molar-refractivity contribution is 0.148. The Balaban J connectivity index is 2.16. The summed E-state index contributed by atoms with van der Waals surface area (Å²) < 4.78 is 0. The van der Waals surface area contributed by atoms with Gasteiger partial charge < -0.3 is 10.4 Å². The zero-order chi connectivity index (χ0) is 14.3. The molecular formula is C17H35NO. The molecular weight excluding hydrogens is 234 g/mol. The molecule has 0 saturated heterocycles. The summed E-state index contributed by atoms with van der Waals surface area (Å²) in [5.74, 6) is 2.45. The summed E-state index contributed by atoms with van der Waals surface area (Å²) >= 11 is 0. The van der Waals surface area contributed by atoms with Crippen molar-refractivity contribution >= 4 is 0 Å². The van der Waals surface area contributed by atoms with Gasteiger partial charge in [0.05, 0.1) is 0 Å². The quantitative estimate of drug-likeness (QED) is 0.736. The van der Waals surface area contributed by atoms with E-state index < -0.39 is 0 Å². The molecule has 2 heteroatoms. The SMILES string of the molecule is CCC(CCO)CNCC1CCC(C(C)(C)C)CC1. The number of aliphatic hydroxyl groups is 1. The molecule has 0 radical (unpaired) electrons. The van der Waals surface area contributed by atoms with Crippen LogP contribution in [0, 0.1) is 23.2 Å². The molecule has 0 amide bonds. The molecule has 114 valence electrons. The zero-order valence-electron chi connectivity index (χ0n) is 13.5. The number of hydrogen-bond acceptors (Lipinski definition) is 2. The van der Waals surface area contributed by atoms with Gasteiger partial charge in [-0.25, -0.2) is 0 Å². The average molecular weight is 269 g/mol. The first kappa shape index (κ1) is 17.0. The highest BCUT2D eigenvalue weighted by Gasteiger charge is 2.29. The van der Waals surface area contributed by atoms with Gasteiger partial charge in [-0.3, -0.25) is 0 Å². The predicted molar refractivity (Wildman–Crippen MR) is 83.3 cm³/mol. The van der Waals surface area contributed by atoms with Crippen LogP contribution in [-0.2, 0) is 0 Å². The Kier molecular flexibility index (Phi) is 7.38. The van der Waals surface area contributed by atoms with Crippen molar-refractivity contribution in [3.63, 3.8) is 0 Å². The summed E-state index contributed by atoms with van der Waals surface area (Å²) in [4.78, 5) is 0. The Morgan fingerprint density at radius 1 is 1.16 bits per heavy atom. The van der Waals surface area contributed by atoms with Crippen LogP contribution < -0.4 is 5.32 Å². The van der Waals surface area contributed by atoms with E-state index >= 15 is 0 Å². The van der Waals surface area contributed by atoms with Gasteiger partial charge in [-0.05, 0) is 68.4 Å². The van der Waals surface area contributed by atoms with Crippen LogP contribution in [0.4, 0.5) is 0 Å². The molecule has 1 atom stereocenters. The van der Waals surface area contributed by atoms with Crippen molar-refractivity contribution < 1.29 is 5.11 Å². The fraction of sp³-hybridized carbons (Fsp3) is 1.00. The van der Waals surface area contributed by atoms with Gasteiger partial charge >= 0.3 is 0 Å². The maximum atomic E-state index is 8.99. The Morgan fingerprint density at radius 2 is 1.79 bits per heavy atom. The lowest BCUT2D eigenvalue weighted by Crippen LogP contribution is -2.32. The van der Waals surface area contributed by atoms with E-state index in [0.29, 0.717) is 17.9 Å². The first-order valence-electron chi connectivity index (χ1n) is 8.29. The van der Waals surface area contributed by atoms with Crippen LogP contribution in [0.5, 0.6) is 0 Å². The van der Waals surface area contributed by atoms with Crippen LogP contribution in [0.15, 0.2) is 0 Å². The van der Waals surface area contributed by atoms with Gasteiger partial charge in [-0.15, -0.1) is 0 Å². The predicted octanol–water partition coefficient (Wildman–Crippen LogP) is 3.84. The van der Waals surface area contributed by atoms with Gasteiger partial charge in [0.2, 0.25) is 0 Å². The smallest absolute Gasteiger partial charge is 0.0434 e. The lowest BCUT2D eigenvalue weighted by atomic mass is 9.70. The van der Waals surface area contributed by atoms with Crippen LogP contribution >= 0.6 is 0 Å². The molecule has 1 saturated carbocycles. The van der Waals surface area contributed by atoms with Crippen LogP contribution in [0.1, 0.15) is 66.2 Å². The minimum Gasteiger partial charge on any atom is -0.396 e. The van der Waals surface area contributed by atoms with Crippen LogP contribution in [0.3, 0.4) is 0 Å². The number of aliphatic hydroxyl groups excluding tert-OH is 1. The molecule has 0 bridgehead atoms. The van der Waals surface area contributed by atoms with Crippen molar-refractivity contribution in [3.8, 4) is 0 Å². The van der Waals surface area contributed by atoms with E-state index in [-0.39, 0.29) is 0 Å². The summed E-state index contributed by atoms with van der Waals surface area (Å²) in [6.07, 6.45) is 7.72. The molecule has 19 heavy (non-hydrogen) atoms. The highest BCUT2D eigenvalue weighted by Crippen LogP contribution is 2.39. The monoisotopic (exact) mass is 269 g/mol. The first-order chi connectivity index (χ1) is 8.97. The standard InChI is InChI=1S/C17H35NO/c1-5-14(10-11-19)12-18-13-15-6-8-16(9-7-15)17(2,3)4/h14-16,18-19H,5-13H2,1-4H3. The maximum Gasteiger partial charge on any atom is 0.0434 e.